The van der Waals surface area contributed by atoms with Crippen molar-refractivity contribution in [1.29, 1.82) is 0 Å². The Labute approximate surface area is 511 Å². The highest BCUT2D eigenvalue weighted by Gasteiger charge is 2.38. The predicted octanol–water partition coefficient (Wildman–Crippen LogP) is -9.89. The molecule has 1 heterocycles. The van der Waals surface area contributed by atoms with Crippen LogP contribution in [0.25, 0.3) is 0 Å². The van der Waals surface area contributed by atoms with Crippen LogP contribution >= 0.6 is 0 Å². The summed E-state index contributed by atoms with van der Waals surface area (Å²) in [6, 6.07) is -13.8. The van der Waals surface area contributed by atoms with E-state index in [1.54, 1.807) is 13.8 Å². The normalized spacial score (nSPS) is 16.0. The molecule has 1 aliphatic heterocycles. The first-order valence-corrected chi connectivity index (χ1v) is 28.3. The van der Waals surface area contributed by atoms with E-state index in [-0.39, 0.29) is 31.7 Å². The van der Waals surface area contributed by atoms with Crippen LogP contribution in [0.5, 0.6) is 0 Å². The van der Waals surface area contributed by atoms with Gasteiger partial charge in [0.05, 0.1) is 44.9 Å². The van der Waals surface area contributed by atoms with Crippen LogP contribution in [0.15, 0.2) is 0 Å². The molecule has 0 aliphatic carbocycles. The third-order valence-electron chi connectivity index (χ3n) is 13.0. The van der Waals surface area contributed by atoms with Crippen LogP contribution in [-0.2, 0) is 81.5 Å². The molecule has 0 saturated carbocycles. The maximum Gasteiger partial charge on any atom is 0.322 e. The monoisotopic (exact) mass is 1270 g/mol. The lowest BCUT2D eigenvalue weighted by molar-refractivity contribution is -0.141. The van der Waals surface area contributed by atoms with Crippen molar-refractivity contribution in [2.75, 3.05) is 45.9 Å². The summed E-state index contributed by atoms with van der Waals surface area (Å²) < 4.78 is 0. The van der Waals surface area contributed by atoms with E-state index in [4.69, 9.17) is 16.6 Å². The van der Waals surface area contributed by atoms with Crippen LogP contribution in [0.1, 0.15) is 100 Å². The molecular formula is C52H86N16O21. The summed E-state index contributed by atoms with van der Waals surface area (Å²) in [5.74, 6) is -17.4. The van der Waals surface area contributed by atoms with Crippen LogP contribution in [-0.4, -0.2) is 238 Å². The number of carbonyl (C=O) groups is 17. The number of aliphatic hydroxyl groups is 2. The van der Waals surface area contributed by atoms with Gasteiger partial charge >= 0.3 is 11.9 Å². The molecule has 500 valence electrons. The molecule has 37 heteroatoms. The molecule has 0 aromatic heterocycles. The van der Waals surface area contributed by atoms with E-state index in [1.807, 2.05) is 0 Å². The van der Waals surface area contributed by atoms with Crippen LogP contribution in [0.4, 0.5) is 0 Å². The molecule has 0 aromatic rings. The fourth-order valence-electron chi connectivity index (χ4n) is 8.20. The first kappa shape index (κ1) is 77.9. The minimum atomic E-state index is -1.74. The SMILES string of the molecule is CC(C)C[C@H](NC(=O)CNC(=O)[C@H](C)NC(=O)CNC(=O)[C@H](CO)NC(=O)[C@H](CCC(=O)O)NC(=O)[C@@H]1CCCN1C(=O)[C@H](C)N)C(=O)NCC(=O)NCC(=O)N[C@H](C(=O)N[C@H](C(=O)N[C@@H](CCC(N)=O)C(=O)N[C@@H](C)C(=O)NCC(=O)O)C(C)C)[C@@H](C)O. The van der Waals surface area contributed by atoms with Crippen molar-refractivity contribution >= 4 is 101 Å². The molecule has 0 spiro atoms. The first-order chi connectivity index (χ1) is 41.5. The number of aliphatic hydroxyl groups excluding tert-OH is 2. The second kappa shape index (κ2) is 38.9. The van der Waals surface area contributed by atoms with Gasteiger partial charge in [-0.05, 0) is 71.6 Å². The minimum Gasteiger partial charge on any atom is -0.481 e. The predicted molar refractivity (Wildman–Crippen MR) is 306 cm³/mol. The van der Waals surface area contributed by atoms with Gasteiger partial charge in [-0.25, -0.2) is 0 Å². The third kappa shape index (κ3) is 29.4. The van der Waals surface area contributed by atoms with Gasteiger partial charge in [0.2, 0.25) is 88.6 Å². The number of carbonyl (C=O) groups excluding carboxylic acids is 15. The molecule has 0 aromatic carbocycles. The maximum absolute atomic E-state index is 13.5. The highest BCUT2D eigenvalue weighted by molar-refractivity contribution is 5.99. The van der Waals surface area contributed by atoms with Crippen LogP contribution in [0.2, 0.25) is 0 Å². The van der Waals surface area contributed by atoms with Gasteiger partial charge in [0.1, 0.15) is 60.9 Å². The standard InChI is InChI=1S/C52H86N16O21/c1-23(2)16-31(62-37(74)20-56-43(80)26(6)60-36(73)19-58-46(83)32(22-69)65-48(85)30(12-14-39(76)77)63-49(86)33-10-9-15-68(33)52(89)25(5)53)45(82)57-17-35(72)55-18-38(75)66-42(28(8)70)51(88)67-41(24(3)4)50(87)64-29(11-13-34(54)71)47(84)61-27(7)44(81)59-21-40(78)79/h23-33,41-42,69-70H,9-22,53H2,1-8H3,(H2,54,71)(H,55,72)(H,56,80)(H,57,82)(H,58,83)(H,59,81)(H,60,73)(H,61,84)(H,62,74)(H,63,86)(H,64,87)(H,65,85)(H,66,75)(H,67,88)(H,76,77)(H,78,79)/t25-,26-,27-,28+,29-,30-,31-,32-,33-,41-,42-/m0/s1. The first-order valence-electron chi connectivity index (χ1n) is 28.3. The van der Waals surface area contributed by atoms with Crippen LogP contribution in [0, 0.1) is 11.8 Å². The van der Waals surface area contributed by atoms with Crippen LogP contribution in [0.3, 0.4) is 0 Å². The lowest BCUT2D eigenvalue weighted by Gasteiger charge is -2.28. The highest BCUT2D eigenvalue weighted by Crippen LogP contribution is 2.19. The number of carboxylic acids is 2. The summed E-state index contributed by atoms with van der Waals surface area (Å²) in [4.78, 5) is 216. The number of nitrogens with one attached hydrogen (secondary N) is 13. The molecule has 1 aliphatic rings. The van der Waals surface area contributed by atoms with Gasteiger partial charge in [-0.3, -0.25) is 81.5 Å². The number of nitrogens with zero attached hydrogens (tertiary/aromatic N) is 1. The average molecular weight is 1270 g/mol. The topological polar surface area (TPSA) is 583 Å². The molecule has 1 fully saturated rings. The molecule has 1 rings (SSSR count). The van der Waals surface area contributed by atoms with E-state index in [0.29, 0.717) is 6.42 Å². The number of carboxylic acid groups (broad SMARTS) is 2. The Morgan fingerprint density at radius 1 is 0.483 bits per heavy atom. The quantitative estimate of drug-likeness (QED) is 0.0272. The van der Waals surface area contributed by atoms with Crippen molar-refractivity contribution in [3.63, 3.8) is 0 Å². The number of hydrogen-bond donors (Lipinski definition) is 19. The Kier molecular flexibility index (Phi) is 34.0. The van der Waals surface area contributed by atoms with Gasteiger partial charge in [0.15, 0.2) is 0 Å². The lowest BCUT2D eigenvalue weighted by Crippen LogP contribution is -2.61. The fraction of sp³-hybridized carbons (Fsp3) is 0.673. The summed E-state index contributed by atoms with van der Waals surface area (Å²) in [5.41, 5.74) is 10.9. The molecule has 89 heavy (non-hydrogen) atoms. The zero-order valence-electron chi connectivity index (χ0n) is 50.7. The second-order valence-corrected chi connectivity index (χ2v) is 21.6. The number of likely N-dealkylation sites (tertiary alicyclic amines) is 1. The van der Waals surface area contributed by atoms with E-state index >= 15 is 0 Å². The molecule has 0 unspecified atom stereocenters. The molecule has 0 bridgehead atoms. The molecule has 21 N–H and O–H groups in total. The van der Waals surface area contributed by atoms with Gasteiger partial charge in [0.25, 0.3) is 0 Å². The molecule has 11 atom stereocenters. The summed E-state index contributed by atoms with van der Waals surface area (Å²) in [7, 11) is 0. The van der Waals surface area contributed by atoms with E-state index in [1.165, 1.54) is 39.5 Å². The van der Waals surface area contributed by atoms with Crippen molar-refractivity contribution in [2.45, 2.75) is 167 Å². The Balaban J connectivity index is 2.80. The average Bonchev–Trinajstić information content (AvgIpc) is 2.77. The van der Waals surface area contributed by atoms with Crippen molar-refractivity contribution < 1.29 is 102 Å². The summed E-state index contributed by atoms with van der Waals surface area (Å²) >= 11 is 0. The van der Waals surface area contributed by atoms with Crippen LogP contribution < -0.4 is 80.6 Å². The smallest absolute Gasteiger partial charge is 0.322 e. The van der Waals surface area contributed by atoms with Gasteiger partial charge in [0, 0.05) is 19.4 Å². The molecule has 15 amide bonds. The van der Waals surface area contributed by atoms with Gasteiger partial charge in [-0.1, -0.05) is 27.7 Å². The van der Waals surface area contributed by atoms with Crippen molar-refractivity contribution in [1.82, 2.24) is 74.0 Å². The highest BCUT2D eigenvalue weighted by atomic mass is 16.4. The molecular weight excluding hydrogens is 1180 g/mol. The molecule has 37 nitrogen and oxygen atoms in total. The van der Waals surface area contributed by atoms with Gasteiger partial charge in [-0.2, -0.15) is 0 Å². The zero-order chi connectivity index (χ0) is 68.0. The number of nitrogens with two attached hydrogens (primary N) is 2. The Bertz CT molecular complexity index is 2580. The summed E-state index contributed by atoms with van der Waals surface area (Å²) in [6.45, 7) is 6.78. The van der Waals surface area contributed by atoms with Gasteiger partial charge < -0.3 is 106 Å². The Morgan fingerprint density at radius 3 is 1.48 bits per heavy atom. The lowest BCUT2D eigenvalue weighted by atomic mass is 10.0. The maximum atomic E-state index is 13.5. The summed E-state index contributed by atoms with van der Waals surface area (Å²) in [5, 5.41) is 67.9. The Hall–Kier alpha value is -9.13. The van der Waals surface area contributed by atoms with Crippen molar-refractivity contribution in [2.24, 2.45) is 23.3 Å². The van der Waals surface area contributed by atoms with Crippen molar-refractivity contribution in [3.8, 4) is 0 Å². The number of hydrogen-bond acceptors (Lipinski definition) is 20. The third-order valence-corrected chi connectivity index (χ3v) is 13.0. The largest absolute Gasteiger partial charge is 0.481 e. The number of amides is 15. The minimum absolute atomic E-state index is 0.0260. The second-order valence-electron chi connectivity index (χ2n) is 21.6. The number of primary amides is 1. The van der Waals surface area contributed by atoms with E-state index in [0.717, 1.165) is 6.92 Å². The van der Waals surface area contributed by atoms with Crippen molar-refractivity contribution in [3.05, 3.63) is 0 Å². The summed E-state index contributed by atoms with van der Waals surface area (Å²) in [6.07, 6.45) is -2.72. The number of aliphatic carboxylic acids is 2. The Morgan fingerprint density at radius 2 is 0.955 bits per heavy atom. The molecule has 0 radical (unpaired) electrons. The van der Waals surface area contributed by atoms with E-state index in [2.05, 4.69) is 69.1 Å². The van der Waals surface area contributed by atoms with E-state index in [9.17, 15) is 96.8 Å². The zero-order valence-corrected chi connectivity index (χ0v) is 50.7. The van der Waals surface area contributed by atoms with Gasteiger partial charge in [-0.15, -0.1) is 0 Å². The molecule has 1 saturated heterocycles. The number of rotatable bonds is 39. The van der Waals surface area contributed by atoms with E-state index < -0.39 is 232 Å². The fourth-order valence-corrected chi connectivity index (χ4v) is 8.20.